The third kappa shape index (κ3) is 3.80. The number of nitrogens with zero attached hydrogens (tertiary/aromatic N) is 1. The van der Waals surface area contributed by atoms with E-state index in [2.05, 4.69) is 21.2 Å². The van der Waals surface area contributed by atoms with Crippen LogP contribution in [0.15, 0.2) is 34.8 Å². The summed E-state index contributed by atoms with van der Waals surface area (Å²) in [5.74, 6) is 0. The highest BCUT2D eigenvalue weighted by Crippen LogP contribution is 2.36. The monoisotopic (exact) mass is 408 g/mol. The summed E-state index contributed by atoms with van der Waals surface area (Å²) >= 11 is 21.2. The summed E-state index contributed by atoms with van der Waals surface area (Å²) < 4.78 is 0.678. The number of nitro groups is 1. The summed E-state index contributed by atoms with van der Waals surface area (Å²) in [5.41, 5.74) is 1.04. The van der Waals surface area contributed by atoms with E-state index < -0.39 is 4.92 Å². The van der Waals surface area contributed by atoms with Gasteiger partial charge in [-0.05, 0) is 40.2 Å². The van der Waals surface area contributed by atoms with Crippen LogP contribution in [0.1, 0.15) is 5.56 Å². The zero-order valence-corrected chi connectivity index (χ0v) is 14.2. The number of benzene rings is 2. The largest absolute Gasteiger partial charge is 0.379 e. The minimum Gasteiger partial charge on any atom is -0.379 e. The van der Waals surface area contributed by atoms with Crippen LogP contribution in [0.25, 0.3) is 0 Å². The molecule has 0 aliphatic rings. The van der Waals surface area contributed by atoms with E-state index in [0.29, 0.717) is 30.8 Å². The Hall–Kier alpha value is -1.01. The highest BCUT2D eigenvalue weighted by atomic mass is 79.9. The van der Waals surface area contributed by atoms with Crippen molar-refractivity contribution in [1.29, 1.82) is 0 Å². The van der Waals surface area contributed by atoms with Crippen molar-refractivity contribution in [3.8, 4) is 0 Å². The van der Waals surface area contributed by atoms with Crippen molar-refractivity contribution in [2.45, 2.75) is 6.54 Å². The fraction of sp³-hybridized carbons (Fsp3) is 0.0769. The Kier molecular flexibility index (Phi) is 5.32. The Balaban J connectivity index is 2.25. The maximum atomic E-state index is 11.0. The molecule has 110 valence electrons. The third-order valence-electron chi connectivity index (χ3n) is 2.75. The van der Waals surface area contributed by atoms with Crippen molar-refractivity contribution >= 4 is 62.1 Å². The van der Waals surface area contributed by atoms with Crippen molar-refractivity contribution < 1.29 is 4.92 Å². The van der Waals surface area contributed by atoms with Gasteiger partial charge >= 0.3 is 0 Å². The SMILES string of the molecule is O=[N+]([O-])c1cc(Cl)ccc1CNc1ccc(Br)c(Cl)c1Cl. The molecule has 4 nitrogen and oxygen atoms in total. The van der Waals surface area contributed by atoms with E-state index in [1.807, 2.05) is 0 Å². The molecule has 0 aliphatic heterocycles. The van der Waals surface area contributed by atoms with E-state index >= 15 is 0 Å². The third-order valence-corrected chi connectivity index (χ3v) is 4.75. The molecule has 1 N–H and O–H groups in total. The standard InChI is InChI=1S/C13H8BrCl3N2O2/c14-9-3-4-10(13(17)12(9)16)18-6-7-1-2-8(15)5-11(7)19(20)21/h1-5,18H,6H2. The van der Waals surface area contributed by atoms with Crippen LogP contribution < -0.4 is 5.32 Å². The molecular weight excluding hydrogens is 402 g/mol. The number of rotatable bonds is 4. The maximum Gasteiger partial charge on any atom is 0.275 e. The molecule has 0 fully saturated rings. The fourth-order valence-corrected chi connectivity index (χ4v) is 2.72. The summed E-state index contributed by atoms with van der Waals surface area (Å²) in [6.07, 6.45) is 0. The molecule has 8 heteroatoms. The van der Waals surface area contributed by atoms with Gasteiger partial charge in [-0.1, -0.05) is 34.8 Å². The molecule has 0 aromatic heterocycles. The Morgan fingerprint density at radius 2 is 1.86 bits per heavy atom. The minimum absolute atomic E-state index is 0.0469. The summed E-state index contributed by atoms with van der Waals surface area (Å²) in [6.45, 7) is 0.227. The van der Waals surface area contributed by atoms with E-state index in [9.17, 15) is 10.1 Å². The first-order chi connectivity index (χ1) is 9.90. The Bertz CT molecular complexity index is 710. The second-order valence-electron chi connectivity index (χ2n) is 4.11. The quantitative estimate of drug-likeness (QED) is 0.386. The molecule has 2 aromatic rings. The molecule has 0 atom stereocenters. The van der Waals surface area contributed by atoms with Gasteiger partial charge < -0.3 is 5.32 Å². The summed E-state index contributed by atoms with van der Waals surface area (Å²) in [7, 11) is 0. The molecular formula is C13H8BrCl3N2O2. The lowest BCUT2D eigenvalue weighted by Gasteiger charge is -2.11. The zero-order valence-electron chi connectivity index (χ0n) is 10.4. The van der Waals surface area contributed by atoms with Gasteiger partial charge in [0.15, 0.2) is 0 Å². The maximum absolute atomic E-state index is 11.0. The number of halogens is 4. The van der Waals surface area contributed by atoms with E-state index in [1.54, 1.807) is 24.3 Å². The summed E-state index contributed by atoms with van der Waals surface area (Å²) in [4.78, 5) is 10.5. The minimum atomic E-state index is -0.473. The van der Waals surface area contributed by atoms with Gasteiger partial charge in [-0.25, -0.2) is 0 Å². The van der Waals surface area contributed by atoms with E-state index in [4.69, 9.17) is 34.8 Å². The summed E-state index contributed by atoms with van der Waals surface area (Å²) in [6, 6.07) is 7.99. The van der Waals surface area contributed by atoms with Crippen molar-refractivity contribution in [2.75, 3.05) is 5.32 Å². The Labute approximate surface area is 144 Å². The number of hydrogen-bond acceptors (Lipinski definition) is 3. The van der Waals surface area contributed by atoms with Gasteiger partial charge in [-0.3, -0.25) is 10.1 Å². The molecule has 2 rings (SSSR count). The van der Waals surface area contributed by atoms with Crippen LogP contribution in [-0.4, -0.2) is 4.92 Å². The van der Waals surface area contributed by atoms with Gasteiger partial charge in [0.05, 0.1) is 20.7 Å². The first-order valence-electron chi connectivity index (χ1n) is 5.70. The predicted molar refractivity (Wildman–Crippen MR) is 89.6 cm³/mol. The highest BCUT2D eigenvalue weighted by molar-refractivity contribution is 9.10. The molecule has 0 heterocycles. The predicted octanol–water partition coefficient (Wildman–Crippen LogP) is 5.93. The number of anilines is 1. The van der Waals surface area contributed by atoms with Crippen molar-refractivity contribution in [1.82, 2.24) is 0 Å². The van der Waals surface area contributed by atoms with Crippen LogP contribution in [0.3, 0.4) is 0 Å². The van der Waals surface area contributed by atoms with Crippen molar-refractivity contribution in [3.05, 3.63) is 65.6 Å². The van der Waals surface area contributed by atoms with Crippen LogP contribution in [0.5, 0.6) is 0 Å². The van der Waals surface area contributed by atoms with Gasteiger partial charge in [0.1, 0.15) is 0 Å². The number of nitro benzene ring substituents is 1. The van der Waals surface area contributed by atoms with Gasteiger partial charge in [0.2, 0.25) is 0 Å². The number of hydrogen-bond donors (Lipinski definition) is 1. The molecule has 0 saturated heterocycles. The van der Waals surface area contributed by atoms with Crippen LogP contribution >= 0.6 is 50.7 Å². The molecule has 0 unspecified atom stereocenters. The number of nitrogens with one attached hydrogen (secondary N) is 1. The smallest absolute Gasteiger partial charge is 0.275 e. The van der Waals surface area contributed by atoms with E-state index in [-0.39, 0.29) is 12.2 Å². The van der Waals surface area contributed by atoms with Crippen LogP contribution in [0, 0.1) is 10.1 Å². The Morgan fingerprint density at radius 1 is 1.14 bits per heavy atom. The highest BCUT2D eigenvalue weighted by Gasteiger charge is 2.15. The second kappa shape index (κ2) is 6.83. The van der Waals surface area contributed by atoms with Crippen LogP contribution in [0.2, 0.25) is 15.1 Å². The normalized spacial score (nSPS) is 10.5. The average Bonchev–Trinajstić information content (AvgIpc) is 2.45. The first kappa shape index (κ1) is 16.4. The molecule has 0 radical (unpaired) electrons. The van der Waals surface area contributed by atoms with Crippen LogP contribution in [0.4, 0.5) is 11.4 Å². The Morgan fingerprint density at radius 3 is 2.52 bits per heavy atom. The summed E-state index contributed by atoms with van der Waals surface area (Å²) in [5, 5.41) is 15.1. The topological polar surface area (TPSA) is 55.2 Å². The van der Waals surface area contributed by atoms with Gasteiger partial charge in [0.25, 0.3) is 5.69 Å². The molecule has 0 spiro atoms. The molecule has 21 heavy (non-hydrogen) atoms. The lowest BCUT2D eigenvalue weighted by atomic mass is 10.1. The molecule has 0 saturated carbocycles. The zero-order chi connectivity index (χ0) is 15.6. The second-order valence-corrected chi connectivity index (χ2v) is 6.15. The molecule has 2 aromatic carbocycles. The van der Waals surface area contributed by atoms with Crippen LogP contribution in [-0.2, 0) is 6.54 Å². The van der Waals surface area contributed by atoms with Gasteiger partial charge in [-0.15, -0.1) is 0 Å². The molecule has 0 aliphatic carbocycles. The average molecular weight is 410 g/mol. The first-order valence-corrected chi connectivity index (χ1v) is 7.63. The van der Waals surface area contributed by atoms with Crippen molar-refractivity contribution in [2.24, 2.45) is 0 Å². The lowest BCUT2D eigenvalue weighted by Crippen LogP contribution is -2.03. The van der Waals surface area contributed by atoms with E-state index in [0.717, 1.165) is 0 Å². The van der Waals surface area contributed by atoms with Crippen molar-refractivity contribution in [3.63, 3.8) is 0 Å². The van der Waals surface area contributed by atoms with E-state index in [1.165, 1.54) is 6.07 Å². The van der Waals surface area contributed by atoms with Gasteiger partial charge in [0, 0.05) is 27.7 Å². The lowest BCUT2D eigenvalue weighted by molar-refractivity contribution is -0.385. The molecule has 0 amide bonds. The molecule has 0 bridgehead atoms. The fourth-order valence-electron chi connectivity index (χ4n) is 1.71. The van der Waals surface area contributed by atoms with Gasteiger partial charge in [-0.2, -0.15) is 0 Å².